The molecule has 1 fully saturated rings. The maximum atomic E-state index is 2.37. The normalized spacial score (nSPS) is 15.1. The largest absolute Gasteiger partial charge is 1.00 e. The topological polar surface area (TPSA) is 0 Å². The fraction of sp³-hybridized carbons (Fsp3) is 0.280. The van der Waals surface area contributed by atoms with Crippen LogP contribution in [0.1, 0.15) is 32.1 Å². The molecular formula is C25H28IP. The quantitative estimate of drug-likeness (QED) is 0.384. The first-order chi connectivity index (χ1) is 12.9. The smallest absolute Gasteiger partial charge is 0.112 e. The summed E-state index contributed by atoms with van der Waals surface area (Å²) >= 11 is 0. The highest BCUT2D eigenvalue weighted by Gasteiger charge is 2.46. The summed E-state index contributed by atoms with van der Waals surface area (Å²) in [6, 6.07) is 34.0. The second-order valence-electron chi connectivity index (χ2n) is 7.50. The van der Waals surface area contributed by atoms with Gasteiger partial charge in [-0.05, 0) is 55.2 Å². The third kappa shape index (κ3) is 4.46. The Morgan fingerprint density at radius 2 is 0.926 bits per heavy atom. The third-order valence-corrected chi connectivity index (χ3v) is 10.5. The van der Waals surface area contributed by atoms with Crippen molar-refractivity contribution in [1.82, 2.24) is 0 Å². The standard InChI is InChI=1S/C25H28P.HI/c1-5-13-22(14-6-1)21-26(23-15-7-2-8-16-23,24-17-9-3-10-18-24)25-19-11-4-12-20-25;/h2-4,7-12,15-20,22H,1,5-6,13-14,21H2;1H/q+1;/p-1. The molecule has 0 spiro atoms. The van der Waals surface area contributed by atoms with Crippen molar-refractivity contribution in [1.29, 1.82) is 0 Å². The van der Waals surface area contributed by atoms with Gasteiger partial charge in [0.25, 0.3) is 0 Å². The first-order valence-corrected chi connectivity index (χ1v) is 11.9. The van der Waals surface area contributed by atoms with E-state index in [1.165, 1.54) is 54.2 Å². The van der Waals surface area contributed by atoms with Crippen LogP contribution in [0, 0.1) is 5.92 Å². The van der Waals surface area contributed by atoms with Gasteiger partial charge in [-0.1, -0.05) is 73.9 Å². The summed E-state index contributed by atoms with van der Waals surface area (Å²) in [5.74, 6) is 0.845. The third-order valence-electron chi connectivity index (χ3n) is 5.85. The summed E-state index contributed by atoms with van der Waals surface area (Å²) in [5.41, 5.74) is 0. The number of hydrogen-bond donors (Lipinski definition) is 0. The summed E-state index contributed by atoms with van der Waals surface area (Å²) in [7, 11) is -1.62. The molecular weight excluding hydrogens is 458 g/mol. The Kier molecular flexibility index (Phi) is 7.49. The number of hydrogen-bond acceptors (Lipinski definition) is 0. The Bertz CT molecular complexity index is 699. The molecule has 0 saturated heterocycles. The van der Waals surface area contributed by atoms with E-state index in [0.29, 0.717) is 0 Å². The first-order valence-electron chi connectivity index (χ1n) is 9.94. The van der Waals surface area contributed by atoms with Gasteiger partial charge < -0.3 is 24.0 Å². The van der Waals surface area contributed by atoms with Crippen molar-refractivity contribution in [2.45, 2.75) is 32.1 Å². The summed E-state index contributed by atoms with van der Waals surface area (Å²) in [5, 5.41) is 4.59. The van der Waals surface area contributed by atoms with Gasteiger partial charge in [0.1, 0.15) is 23.2 Å². The van der Waals surface area contributed by atoms with E-state index in [1.807, 2.05) is 0 Å². The lowest BCUT2D eigenvalue weighted by Gasteiger charge is -2.32. The maximum absolute atomic E-state index is 2.37. The van der Waals surface area contributed by atoms with Gasteiger partial charge in [0.2, 0.25) is 0 Å². The lowest BCUT2D eigenvalue weighted by atomic mass is 9.91. The molecule has 3 aromatic carbocycles. The number of rotatable bonds is 5. The lowest BCUT2D eigenvalue weighted by molar-refractivity contribution is -0.00000515. The van der Waals surface area contributed by atoms with Gasteiger partial charge in [-0.3, -0.25) is 0 Å². The summed E-state index contributed by atoms with van der Waals surface area (Å²) in [4.78, 5) is 0. The molecule has 0 nitrogen and oxygen atoms in total. The van der Waals surface area contributed by atoms with Crippen LogP contribution in [0.2, 0.25) is 0 Å². The lowest BCUT2D eigenvalue weighted by Crippen LogP contribution is -3.00. The van der Waals surface area contributed by atoms with Crippen LogP contribution in [0.3, 0.4) is 0 Å². The minimum atomic E-state index is -1.62. The van der Waals surface area contributed by atoms with E-state index in [4.69, 9.17) is 0 Å². The SMILES string of the molecule is [I-].c1ccc([P+](CC2CCCCC2)(c2ccccc2)c2ccccc2)cc1. The molecule has 1 saturated carbocycles. The molecule has 1 aliphatic carbocycles. The van der Waals surface area contributed by atoms with E-state index in [0.717, 1.165) is 5.92 Å². The molecule has 1 aliphatic rings. The molecule has 0 radical (unpaired) electrons. The zero-order chi connectivity index (χ0) is 17.7. The Balaban J connectivity index is 0.00000210. The van der Waals surface area contributed by atoms with Crippen molar-refractivity contribution in [3.63, 3.8) is 0 Å². The number of halogens is 1. The van der Waals surface area contributed by atoms with Gasteiger partial charge in [-0.25, -0.2) is 0 Å². The Morgan fingerprint density at radius 3 is 1.30 bits per heavy atom. The van der Waals surface area contributed by atoms with E-state index in [1.54, 1.807) is 0 Å². The van der Waals surface area contributed by atoms with Crippen LogP contribution in [0.4, 0.5) is 0 Å². The van der Waals surface area contributed by atoms with Crippen LogP contribution in [-0.2, 0) is 0 Å². The van der Waals surface area contributed by atoms with Gasteiger partial charge >= 0.3 is 0 Å². The Labute approximate surface area is 181 Å². The Hall–Kier alpha value is -1.18. The minimum absolute atomic E-state index is 0. The molecule has 0 bridgehead atoms. The summed E-state index contributed by atoms with van der Waals surface area (Å²) in [6.45, 7) is 0. The molecule has 0 atom stereocenters. The summed E-state index contributed by atoms with van der Waals surface area (Å²) in [6.07, 6.45) is 8.34. The second-order valence-corrected chi connectivity index (χ2v) is 11.0. The molecule has 0 amide bonds. The minimum Gasteiger partial charge on any atom is -1.00 e. The molecule has 2 heteroatoms. The van der Waals surface area contributed by atoms with Gasteiger partial charge in [0, 0.05) is 0 Å². The molecule has 3 aromatic rings. The predicted molar refractivity (Wildman–Crippen MR) is 117 cm³/mol. The number of benzene rings is 3. The fourth-order valence-electron chi connectivity index (χ4n) is 4.57. The van der Waals surface area contributed by atoms with Gasteiger partial charge in [-0.2, -0.15) is 0 Å². The fourth-order valence-corrected chi connectivity index (χ4v) is 9.28. The highest BCUT2D eigenvalue weighted by Crippen LogP contribution is 2.57. The molecule has 140 valence electrons. The molecule has 0 aliphatic heterocycles. The van der Waals surface area contributed by atoms with Crippen molar-refractivity contribution < 1.29 is 24.0 Å². The van der Waals surface area contributed by atoms with Crippen molar-refractivity contribution in [2.75, 3.05) is 6.16 Å². The molecule has 0 N–H and O–H groups in total. The zero-order valence-corrected chi connectivity index (χ0v) is 18.9. The molecule has 0 heterocycles. The van der Waals surface area contributed by atoms with E-state index in [-0.39, 0.29) is 24.0 Å². The van der Waals surface area contributed by atoms with Crippen molar-refractivity contribution in [3.8, 4) is 0 Å². The van der Waals surface area contributed by atoms with Crippen molar-refractivity contribution >= 4 is 23.2 Å². The zero-order valence-electron chi connectivity index (χ0n) is 15.8. The second kappa shape index (κ2) is 9.85. The van der Waals surface area contributed by atoms with Crippen LogP contribution < -0.4 is 39.9 Å². The monoisotopic (exact) mass is 486 g/mol. The van der Waals surface area contributed by atoms with Crippen molar-refractivity contribution in [3.05, 3.63) is 91.0 Å². The highest BCUT2D eigenvalue weighted by atomic mass is 127. The maximum Gasteiger partial charge on any atom is 0.112 e. The summed E-state index contributed by atoms with van der Waals surface area (Å²) < 4.78 is 0. The van der Waals surface area contributed by atoms with E-state index < -0.39 is 7.26 Å². The molecule has 4 rings (SSSR count). The average molecular weight is 486 g/mol. The van der Waals surface area contributed by atoms with Crippen LogP contribution in [-0.4, -0.2) is 6.16 Å². The Morgan fingerprint density at radius 1 is 0.556 bits per heavy atom. The van der Waals surface area contributed by atoms with Crippen LogP contribution >= 0.6 is 7.26 Å². The van der Waals surface area contributed by atoms with E-state index >= 15 is 0 Å². The van der Waals surface area contributed by atoms with Gasteiger partial charge in [0.15, 0.2) is 0 Å². The predicted octanol–water partition coefficient (Wildman–Crippen LogP) is 2.56. The van der Waals surface area contributed by atoms with Crippen molar-refractivity contribution in [2.24, 2.45) is 5.92 Å². The van der Waals surface area contributed by atoms with Crippen LogP contribution in [0.25, 0.3) is 0 Å². The van der Waals surface area contributed by atoms with Crippen LogP contribution in [0.5, 0.6) is 0 Å². The first kappa shape index (κ1) is 20.6. The van der Waals surface area contributed by atoms with Gasteiger partial charge in [-0.15, -0.1) is 0 Å². The molecule has 27 heavy (non-hydrogen) atoms. The molecule has 0 aromatic heterocycles. The van der Waals surface area contributed by atoms with E-state index in [2.05, 4.69) is 91.0 Å². The molecule has 0 unspecified atom stereocenters. The van der Waals surface area contributed by atoms with E-state index in [9.17, 15) is 0 Å². The average Bonchev–Trinajstić information content (AvgIpc) is 2.75. The van der Waals surface area contributed by atoms with Crippen LogP contribution in [0.15, 0.2) is 91.0 Å². The highest BCUT2D eigenvalue weighted by molar-refractivity contribution is 7.95. The van der Waals surface area contributed by atoms with Gasteiger partial charge in [0.05, 0.1) is 6.16 Å².